The molecule has 3 atom stereocenters. The molecule has 4 rings (SSSR count). The minimum Gasteiger partial charge on any atom is -0.444 e. The summed E-state index contributed by atoms with van der Waals surface area (Å²) >= 11 is 4.48. The van der Waals surface area contributed by atoms with Gasteiger partial charge in [-0.2, -0.15) is 0 Å². The topological polar surface area (TPSA) is 83.1 Å². The number of halogens is 4. The number of benzene rings is 1. The highest BCUT2D eigenvalue weighted by Crippen LogP contribution is 2.48. The molecule has 3 unspecified atom stereocenters. The number of hydrogen-bond acceptors (Lipinski definition) is 6. The Bertz CT molecular complexity index is 1000. The fourth-order valence-electron chi connectivity index (χ4n) is 4.51. The summed E-state index contributed by atoms with van der Waals surface area (Å²) < 4.78 is 65.3. The standard InChI is InChI=1S/C22H26F4N4O4S/c1-22(2,3)34-20(31)28-16-12-8-29(9-13(12)16)17-14(23)4-10(5-15(17)24)30-7-11(33-21(30)32)6-27-19(35)18(25)26/h4-5,11-13,16,18H,6-9H2,1-3H3,(H,27,35)(H,28,31). The molecule has 3 aliphatic rings. The maximum absolute atomic E-state index is 15.0. The molecule has 2 amide bonds. The van der Waals surface area contributed by atoms with Crippen molar-refractivity contribution in [2.24, 2.45) is 11.8 Å². The minimum atomic E-state index is -2.84. The van der Waals surface area contributed by atoms with Gasteiger partial charge in [-0.25, -0.2) is 27.2 Å². The van der Waals surface area contributed by atoms with E-state index in [1.807, 2.05) is 0 Å². The van der Waals surface area contributed by atoms with Crippen LogP contribution in [0.25, 0.3) is 0 Å². The summed E-state index contributed by atoms with van der Waals surface area (Å²) in [6, 6.07) is 1.98. The van der Waals surface area contributed by atoms with Crippen LogP contribution in [0.1, 0.15) is 20.8 Å². The molecule has 35 heavy (non-hydrogen) atoms. The van der Waals surface area contributed by atoms with Gasteiger partial charge in [-0.1, -0.05) is 12.2 Å². The van der Waals surface area contributed by atoms with Gasteiger partial charge in [-0.15, -0.1) is 0 Å². The van der Waals surface area contributed by atoms with Crippen molar-refractivity contribution in [2.75, 3.05) is 36.0 Å². The number of cyclic esters (lactones) is 1. The monoisotopic (exact) mass is 518 g/mol. The third kappa shape index (κ3) is 5.54. The van der Waals surface area contributed by atoms with Crippen molar-refractivity contribution in [2.45, 2.75) is 44.9 Å². The molecule has 13 heteroatoms. The highest BCUT2D eigenvalue weighted by atomic mass is 32.1. The van der Waals surface area contributed by atoms with E-state index in [4.69, 9.17) is 9.47 Å². The van der Waals surface area contributed by atoms with Gasteiger partial charge in [0.1, 0.15) is 22.4 Å². The van der Waals surface area contributed by atoms with Crippen molar-refractivity contribution in [1.29, 1.82) is 0 Å². The summed E-state index contributed by atoms with van der Waals surface area (Å²) in [5.41, 5.74) is -0.864. The first-order chi connectivity index (χ1) is 16.3. The molecule has 0 radical (unpaired) electrons. The molecule has 3 fully saturated rings. The van der Waals surface area contributed by atoms with Crippen LogP contribution in [0, 0.1) is 23.5 Å². The number of alkyl carbamates (subject to hydrolysis) is 1. The first-order valence-electron chi connectivity index (χ1n) is 11.1. The van der Waals surface area contributed by atoms with Crippen molar-refractivity contribution in [3.8, 4) is 0 Å². The van der Waals surface area contributed by atoms with Gasteiger partial charge >= 0.3 is 12.2 Å². The number of rotatable bonds is 6. The molecule has 1 aromatic carbocycles. The van der Waals surface area contributed by atoms with Crippen molar-refractivity contribution in [3.05, 3.63) is 23.8 Å². The molecular formula is C22H26F4N4O4S. The predicted molar refractivity (Wildman–Crippen MR) is 123 cm³/mol. The summed E-state index contributed by atoms with van der Waals surface area (Å²) in [6.07, 6.45) is -5.02. The van der Waals surface area contributed by atoms with E-state index in [-0.39, 0.29) is 42.3 Å². The third-order valence-electron chi connectivity index (χ3n) is 6.08. The molecule has 0 spiro atoms. The van der Waals surface area contributed by atoms with Crippen LogP contribution in [-0.2, 0) is 9.47 Å². The second-order valence-corrected chi connectivity index (χ2v) is 10.3. The average molecular weight is 519 g/mol. The summed E-state index contributed by atoms with van der Waals surface area (Å²) in [5, 5.41) is 5.11. The van der Waals surface area contributed by atoms with Crippen LogP contribution in [-0.4, -0.2) is 67.5 Å². The predicted octanol–water partition coefficient (Wildman–Crippen LogP) is 3.43. The Morgan fingerprint density at radius 3 is 2.34 bits per heavy atom. The number of hydrogen-bond donors (Lipinski definition) is 2. The van der Waals surface area contributed by atoms with Crippen LogP contribution in [0.2, 0.25) is 0 Å². The normalized spacial score (nSPS) is 25.4. The van der Waals surface area contributed by atoms with E-state index in [1.54, 1.807) is 25.7 Å². The van der Waals surface area contributed by atoms with E-state index < -0.39 is 46.9 Å². The van der Waals surface area contributed by atoms with Gasteiger partial charge in [0.25, 0.3) is 6.43 Å². The molecule has 1 saturated carbocycles. The lowest BCUT2D eigenvalue weighted by atomic mass is 10.2. The second-order valence-electron chi connectivity index (χ2n) is 9.82. The number of piperidine rings is 1. The minimum absolute atomic E-state index is 0.0403. The number of nitrogens with one attached hydrogen (secondary N) is 2. The zero-order valence-electron chi connectivity index (χ0n) is 19.3. The number of alkyl halides is 2. The first kappa shape index (κ1) is 25.3. The Morgan fingerprint density at radius 2 is 1.80 bits per heavy atom. The van der Waals surface area contributed by atoms with Crippen LogP contribution in [0.5, 0.6) is 0 Å². The smallest absolute Gasteiger partial charge is 0.414 e. The zero-order valence-corrected chi connectivity index (χ0v) is 20.1. The van der Waals surface area contributed by atoms with Crippen LogP contribution in [0.4, 0.5) is 38.5 Å². The molecular weight excluding hydrogens is 492 g/mol. The highest BCUT2D eigenvalue weighted by Gasteiger charge is 2.57. The van der Waals surface area contributed by atoms with E-state index in [0.29, 0.717) is 13.1 Å². The summed E-state index contributed by atoms with van der Waals surface area (Å²) in [5.74, 6) is -1.57. The van der Waals surface area contributed by atoms with Crippen LogP contribution < -0.4 is 20.4 Å². The van der Waals surface area contributed by atoms with Gasteiger partial charge in [0.05, 0.1) is 18.8 Å². The molecule has 8 nitrogen and oxygen atoms in total. The number of carbonyl (C=O) groups is 2. The number of amides is 2. The van der Waals surface area contributed by atoms with E-state index >= 15 is 0 Å². The van der Waals surface area contributed by atoms with Crippen molar-refractivity contribution < 1.29 is 36.6 Å². The molecule has 1 aliphatic carbocycles. The van der Waals surface area contributed by atoms with E-state index in [1.165, 1.54) is 0 Å². The molecule has 192 valence electrons. The van der Waals surface area contributed by atoms with Gasteiger partial charge in [0.2, 0.25) is 0 Å². The summed E-state index contributed by atoms with van der Waals surface area (Å²) in [7, 11) is 0. The maximum Gasteiger partial charge on any atom is 0.414 e. The first-order valence-corrected chi connectivity index (χ1v) is 11.5. The fraction of sp³-hybridized carbons (Fsp3) is 0.591. The molecule has 2 saturated heterocycles. The Kier molecular flexibility index (Phi) is 6.73. The number of carbonyl (C=O) groups excluding carboxylic acids is 2. The maximum atomic E-state index is 15.0. The largest absolute Gasteiger partial charge is 0.444 e. The quantitative estimate of drug-likeness (QED) is 0.441. The van der Waals surface area contributed by atoms with E-state index in [9.17, 15) is 27.2 Å². The lowest BCUT2D eigenvalue weighted by Crippen LogP contribution is -2.38. The summed E-state index contributed by atoms with van der Waals surface area (Å²) in [6.45, 7) is 5.78. The number of anilines is 2. The lowest BCUT2D eigenvalue weighted by Gasteiger charge is -2.25. The third-order valence-corrected chi connectivity index (χ3v) is 6.41. The number of nitrogens with zero attached hydrogens (tertiary/aromatic N) is 2. The van der Waals surface area contributed by atoms with Gasteiger partial charge < -0.3 is 25.0 Å². The highest BCUT2D eigenvalue weighted by molar-refractivity contribution is 7.80. The fourth-order valence-corrected chi connectivity index (χ4v) is 4.59. The number of ether oxygens (including phenoxy) is 2. The van der Waals surface area contributed by atoms with Gasteiger partial charge in [-0.05, 0) is 20.8 Å². The van der Waals surface area contributed by atoms with Crippen LogP contribution in [0.3, 0.4) is 0 Å². The van der Waals surface area contributed by atoms with Gasteiger partial charge in [0.15, 0.2) is 11.6 Å². The van der Waals surface area contributed by atoms with Crippen LogP contribution >= 0.6 is 12.2 Å². The van der Waals surface area contributed by atoms with E-state index in [0.717, 1.165) is 17.0 Å². The van der Waals surface area contributed by atoms with Gasteiger partial charge in [-0.3, -0.25) is 4.90 Å². The SMILES string of the molecule is CC(C)(C)OC(=O)NC1C2CN(c3c(F)cc(N4CC(CNC(=S)C(F)F)OC4=O)cc3F)CC21. The Labute approximate surface area is 204 Å². The molecule has 0 aromatic heterocycles. The second kappa shape index (κ2) is 9.32. The number of thiocarbonyl (C=S) groups is 1. The molecule has 2 heterocycles. The molecule has 2 N–H and O–H groups in total. The van der Waals surface area contributed by atoms with Crippen molar-refractivity contribution >= 4 is 40.8 Å². The lowest BCUT2D eigenvalue weighted by molar-refractivity contribution is 0.0518. The van der Waals surface area contributed by atoms with Crippen LogP contribution in [0.15, 0.2) is 12.1 Å². The van der Waals surface area contributed by atoms with Crippen molar-refractivity contribution in [1.82, 2.24) is 10.6 Å². The Morgan fingerprint density at radius 1 is 1.20 bits per heavy atom. The van der Waals surface area contributed by atoms with Gasteiger partial charge in [0, 0.05) is 43.1 Å². The average Bonchev–Trinajstić information content (AvgIpc) is 3.06. The Hall–Kier alpha value is -2.83. The van der Waals surface area contributed by atoms with Crippen molar-refractivity contribution in [3.63, 3.8) is 0 Å². The summed E-state index contributed by atoms with van der Waals surface area (Å²) in [4.78, 5) is 26.1. The Balaban J connectivity index is 1.35. The van der Waals surface area contributed by atoms with E-state index in [2.05, 4.69) is 22.9 Å². The molecule has 1 aromatic rings. The molecule has 2 aliphatic heterocycles. The zero-order chi connectivity index (χ0) is 25.7. The number of fused-ring (bicyclic) bond motifs is 1. The molecule has 0 bridgehead atoms.